The van der Waals surface area contributed by atoms with Crippen molar-refractivity contribution in [1.29, 1.82) is 0 Å². The van der Waals surface area contributed by atoms with Crippen LogP contribution in [0.3, 0.4) is 0 Å². The summed E-state index contributed by atoms with van der Waals surface area (Å²) in [7, 11) is 0. The number of nitrogens with zero attached hydrogens (tertiary/aromatic N) is 3. The Balaban J connectivity index is 1.39. The van der Waals surface area contributed by atoms with E-state index in [9.17, 15) is 18.0 Å². The Bertz CT molecular complexity index is 866. The zero-order valence-electron chi connectivity index (χ0n) is 15.0. The minimum Gasteiger partial charge on any atom is -0.406 e. The SMILES string of the molecule is O=C(C1CC1)N1CCc2c(ncnc2NCc2ccc(OC(F)(F)F)cc2)C1. The molecule has 4 rings (SSSR count). The molecule has 0 spiro atoms. The van der Waals surface area contributed by atoms with Gasteiger partial charge in [0.25, 0.3) is 0 Å². The first kappa shape index (κ1) is 18.5. The van der Waals surface area contributed by atoms with Gasteiger partial charge in [0.15, 0.2) is 0 Å². The van der Waals surface area contributed by atoms with Crippen LogP contribution in [0.4, 0.5) is 19.0 Å². The Morgan fingerprint density at radius 2 is 1.96 bits per heavy atom. The summed E-state index contributed by atoms with van der Waals surface area (Å²) in [6, 6.07) is 5.69. The molecule has 1 aliphatic heterocycles. The zero-order valence-corrected chi connectivity index (χ0v) is 15.0. The third-order valence-electron chi connectivity index (χ3n) is 4.86. The highest BCUT2D eigenvalue weighted by Crippen LogP contribution is 2.33. The normalized spacial score (nSPS) is 16.5. The van der Waals surface area contributed by atoms with Crippen molar-refractivity contribution in [2.24, 2.45) is 5.92 Å². The molecule has 28 heavy (non-hydrogen) atoms. The Morgan fingerprint density at radius 1 is 1.21 bits per heavy atom. The van der Waals surface area contributed by atoms with Crippen molar-refractivity contribution in [2.75, 3.05) is 11.9 Å². The number of hydrogen-bond acceptors (Lipinski definition) is 5. The number of aromatic nitrogens is 2. The summed E-state index contributed by atoms with van der Waals surface area (Å²) in [5, 5.41) is 3.22. The molecule has 1 aromatic carbocycles. The molecule has 0 unspecified atom stereocenters. The standard InChI is InChI=1S/C19H19F3N4O2/c20-19(21,22)28-14-5-1-12(2-6-14)9-23-17-15-7-8-26(18(27)13-3-4-13)10-16(15)24-11-25-17/h1-2,5-6,11,13H,3-4,7-10H2,(H,23,24,25). The smallest absolute Gasteiger partial charge is 0.406 e. The number of ether oxygens (including phenoxy) is 1. The maximum absolute atomic E-state index is 12.3. The fourth-order valence-corrected chi connectivity index (χ4v) is 3.28. The lowest BCUT2D eigenvalue weighted by molar-refractivity contribution is -0.274. The summed E-state index contributed by atoms with van der Waals surface area (Å²) < 4.78 is 40.5. The van der Waals surface area contributed by atoms with E-state index in [1.165, 1.54) is 18.5 Å². The molecule has 2 aromatic rings. The lowest BCUT2D eigenvalue weighted by Crippen LogP contribution is -2.37. The van der Waals surface area contributed by atoms with E-state index in [-0.39, 0.29) is 17.6 Å². The van der Waals surface area contributed by atoms with Crippen molar-refractivity contribution in [3.8, 4) is 5.75 Å². The van der Waals surface area contributed by atoms with Crippen LogP contribution >= 0.6 is 0 Å². The molecule has 0 saturated heterocycles. The van der Waals surface area contributed by atoms with E-state index in [1.54, 1.807) is 12.1 Å². The van der Waals surface area contributed by atoms with E-state index in [2.05, 4.69) is 20.0 Å². The van der Waals surface area contributed by atoms with Gasteiger partial charge >= 0.3 is 6.36 Å². The van der Waals surface area contributed by atoms with Crippen LogP contribution in [-0.2, 0) is 24.3 Å². The van der Waals surface area contributed by atoms with Crippen molar-refractivity contribution >= 4 is 11.7 Å². The summed E-state index contributed by atoms with van der Waals surface area (Å²) >= 11 is 0. The van der Waals surface area contributed by atoms with E-state index in [0.29, 0.717) is 31.9 Å². The molecule has 2 heterocycles. The molecule has 2 aliphatic rings. The van der Waals surface area contributed by atoms with Crippen LogP contribution in [0.5, 0.6) is 5.75 Å². The lowest BCUT2D eigenvalue weighted by Gasteiger charge is -2.29. The minimum atomic E-state index is -4.70. The average molecular weight is 392 g/mol. The van der Waals surface area contributed by atoms with Gasteiger partial charge < -0.3 is 15.0 Å². The van der Waals surface area contributed by atoms with E-state index in [0.717, 1.165) is 29.7 Å². The number of carbonyl (C=O) groups is 1. The van der Waals surface area contributed by atoms with Gasteiger partial charge in [-0.3, -0.25) is 4.79 Å². The average Bonchev–Trinajstić information content (AvgIpc) is 3.50. The third-order valence-corrected chi connectivity index (χ3v) is 4.86. The van der Waals surface area contributed by atoms with Gasteiger partial charge in [-0.2, -0.15) is 0 Å². The first-order chi connectivity index (χ1) is 13.4. The molecular formula is C19H19F3N4O2. The van der Waals surface area contributed by atoms with Gasteiger partial charge in [0.1, 0.15) is 17.9 Å². The van der Waals surface area contributed by atoms with Gasteiger partial charge in [-0.1, -0.05) is 12.1 Å². The maximum Gasteiger partial charge on any atom is 0.573 e. The van der Waals surface area contributed by atoms with Crippen LogP contribution in [0.25, 0.3) is 0 Å². The number of halogens is 3. The third kappa shape index (κ3) is 4.35. The molecule has 1 fully saturated rings. The first-order valence-corrected chi connectivity index (χ1v) is 9.09. The number of alkyl halides is 3. The van der Waals surface area contributed by atoms with Crippen LogP contribution in [0.2, 0.25) is 0 Å². The molecule has 6 nitrogen and oxygen atoms in total. The Kier molecular flexibility index (Phi) is 4.82. The summed E-state index contributed by atoms with van der Waals surface area (Å²) in [5.41, 5.74) is 2.62. The topological polar surface area (TPSA) is 67.4 Å². The van der Waals surface area contributed by atoms with Crippen molar-refractivity contribution in [1.82, 2.24) is 14.9 Å². The number of carbonyl (C=O) groups excluding carboxylic acids is 1. The lowest BCUT2D eigenvalue weighted by atomic mass is 10.0. The van der Waals surface area contributed by atoms with E-state index in [4.69, 9.17) is 0 Å². The van der Waals surface area contributed by atoms with Crippen molar-refractivity contribution in [3.63, 3.8) is 0 Å². The number of rotatable bonds is 5. The van der Waals surface area contributed by atoms with Crippen LogP contribution < -0.4 is 10.1 Å². The molecule has 1 amide bonds. The minimum absolute atomic E-state index is 0.185. The summed E-state index contributed by atoms with van der Waals surface area (Å²) in [6.07, 6.45) is -0.604. The van der Waals surface area contributed by atoms with Crippen LogP contribution in [-0.4, -0.2) is 33.7 Å². The predicted octanol–water partition coefficient (Wildman–Crippen LogP) is 3.28. The fraction of sp³-hybridized carbons (Fsp3) is 0.421. The second-order valence-electron chi connectivity index (χ2n) is 6.98. The number of fused-ring (bicyclic) bond motifs is 1. The van der Waals surface area contributed by atoms with Crippen LogP contribution in [0.15, 0.2) is 30.6 Å². The number of hydrogen-bond donors (Lipinski definition) is 1. The van der Waals surface area contributed by atoms with Crippen molar-refractivity contribution < 1.29 is 22.7 Å². The van der Waals surface area contributed by atoms with E-state index in [1.807, 2.05) is 4.90 Å². The maximum atomic E-state index is 12.3. The molecule has 0 radical (unpaired) electrons. The number of anilines is 1. The Hall–Kier alpha value is -2.84. The molecule has 9 heteroatoms. The Morgan fingerprint density at radius 3 is 2.64 bits per heavy atom. The van der Waals surface area contributed by atoms with Crippen molar-refractivity contribution in [2.45, 2.75) is 38.7 Å². The first-order valence-electron chi connectivity index (χ1n) is 9.09. The molecule has 0 atom stereocenters. The molecule has 1 N–H and O–H groups in total. The Labute approximate surface area is 159 Å². The molecule has 148 valence electrons. The van der Waals surface area contributed by atoms with Gasteiger partial charge in [0, 0.05) is 24.6 Å². The largest absolute Gasteiger partial charge is 0.573 e. The molecule has 0 bridgehead atoms. The van der Waals surface area contributed by atoms with E-state index < -0.39 is 6.36 Å². The second kappa shape index (κ2) is 7.29. The predicted molar refractivity (Wildman–Crippen MR) is 94.3 cm³/mol. The van der Waals surface area contributed by atoms with Crippen molar-refractivity contribution in [3.05, 3.63) is 47.4 Å². The molecule has 1 saturated carbocycles. The highest BCUT2D eigenvalue weighted by molar-refractivity contribution is 5.81. The second-order valence-corrected chi connectivity index (χ2v) is 6.98. The van der Waals surface area contributed by atoms with E-state index >= 15 is 0 Å². The van der Waals surface area contributed by atoms with Crippen LogP contribution in [0, 0.1) is 5.92 Å². The van der Waals surface area contributed by atoms with Gasteiger partial charge in [0.2, 0.25) is 5.91 Å². The summed E-state index contributed by atoms with van der Waals surface area (Å²) in [5.74, 6) is 0.834. The quantitative estimate of drug-likeness (QED) is 0.846. The summed E-state index contributed by atoms with van der Waals surface area (Å²) in [6.45, 7) is 1.54. The monoisotopic (exact) mass is 392 g/mol. The van der Waals surface area contributed by atoms with Gasteiger partial charge in [-0.15, -0.1) is 13.2 Å². The molecule has 1 aromatic heterocycles. The van der Waals surface area contributed by atoms with Crippen LogP contribution in [0.1, 0.15) is 29.7 Å². The molecular weight excluding hydrogens is 373 g/mol. The summed E-state index contributed by atoms with van der Waals surface area (Å²) in [4.78, 5) is 22.7. The number of benzene rings is 1. The zero-order chi connectivity index (χ0) is 19.7. The highest BCUT2D eigenvalue weighted by atomic mass is 19.4. The van der Waals surface area contributed by atoms with Gasteiger partial charge in [-0.25, -0.2) is 9.97 Å². The molecule has 1 aliphatic carbocycles. The van der Waals surface area contributed by atoms with Gasteiger partial charge in [0.05, 0.1) is 12.2 Å². The van der Waals surface area contributed by atoms with Gasteiger partial charge in [-0.05, 0) is 37.0 Å². The number of nitrogens with one attached hydrogen (secondary N) is 1. The fourth-order valence-electron chi connectivity index (χ4n) is 3.28. The number of amides is 1. The highest BCUT2D eigenvalue weighted by Gasteiger charge is 2.35.